The second kappa shape index (κ2) is 9.47. The standard InChI is InChI=1S/C50H36O/c1-2-10-44-39(7-1)42-26-34(15-19-45(42)50(44)35-22-28-21-29(24-35)25-36(50)23-28)38-8-4-9-41-43-27-33(16-20-46(43)51-49(38)41)37-17-13-32-12-11-30-5-3-6-31-14-18-40(37)48(32)47(30)31/h1-20,26-29,35-36H,21-25H2. The minimum atomic E-state index is 0.199. The van der Waals surface area contributed by atoms with Crippen LogP contribution >= 0.6 is 0 Å². The molecule has 1 heterocycles. The van der Waals surface area contributed by atoms with Crippen molar-refractivity contribution in [3.63, 3.8) is 0 Å². The average molecular weight is 653 g/mol. The fourth-order valence-electron chi connectivity index (χ4n) is 12.5. The molecule has 51 heavy (non-hydrogen) atoms. The van der Waals surface area contributed by atoms with Gasteiger partial charge in [-0.25, -0.2) is 0 Å². The van der Waals surface area contributed by atoms with Crippen molar-refractivity contribution in [3.8, 4) is 33.4 Å². The maximum Gasteiger partial charge on any atom is 0.143 e. The molecular formula is C50H36O. The van der Waals surface area contributed by atoms with Crippen LogP contribution in [0.2, 0.25) is 0 Å². The van der Waals surface area contributed by atoms with Crippen LogP contribution in [0.15, 0.2) is 138 Å². The van der Waals surface area contributed by atoms with Crippen molar-refractivity contribution in [2.75, 3.05) is 0 Å². The molecule has 9 aromatic rings. The van der Waals surface area contributed by atoms with E-state index < -0.39 is 0 Å². The first-order valence-electron chi connectivity index (χ1n) is 19.1. The van der Waals surface area contributed by atoms with Crippen LogP contribution in [0.4, 0.5) is 0 Å². The molecule has 1 spiro atoms. The van der Waals surface area contributed by atoms with Crippen molar-refractivity contribution >= 4 is 54.3 Å². The lowest BCUT2D eigenvalue weighted by atomic mass is 9.43. The highest BCUT2D eigenvalue weighted by atomic mass is 16.3. The highest BCUT2D eigenvalue weighted by Crippen LogP contribution is 2.69. The molecule has 5 aliphatic carbocycles. The van der Waals surface area contributed by atoms with Crippen LogP contribution in [0.1, 0.15) is 43.2 Å². The summed E-state index contributed by atoms with van der Waals surface area (Å²) in [6, 6.07) is 50.7. The lowest BCUT2D eigenvalue weighted by Gasteiger charge is -2.61. The van der Waals surface area contributed by atoms with Crippen molar-refractivity contribution in [3.05, 3.63) is 145 Å². The van der Waals surface area contributed by atoms with Gasteiger partial charge in [-0.15, -0.1) is 0 Å². The number of rotatable bonds is 2. The van der Waals surface area contributed by atoms with Crippen LogP contribution < -0.4 is 0 Å². The zero-order valence-electron chi connectivity index (χ0n) is 28.5. The van der Waals surface area contributed by atoms with E-state index in [1.54, 1.807) is 11.1 Å². The van der Waals surface area contributed by atoms with Crippen molar-refractivity contribution in [1.82, 2.24) is 0 Å². The molecular weight excluding hydrogens is 617 g/mol. The van der Waals surface area contributed by atoms with Gasteiger partial charge in [0.25, 0.3) is 0 Å². The Bertz CT molecular complexity index is 2890. The van der Waals surface area contributed by atoms with Gasteiger partial charge in [-0.1, -0.05) is 115 Å². The Morgan fingerprint density at radius 1 is 0.431 bits per heavy atom. The maximum atomic E-state index is 6.78. The smallest absolute Gasteiger partial charge is 0.143 e. The third kappa shape index (κ3) is 3.39. The predicted molar refractivity (Wildman–Crippen MR) is 212 cm³/mol. The summed E-state index contributed by atoms with van der Waals surface area (Å²) in [5.74, 6) is 3.47. The lowest BCUT2D eigenvalue weighted by molar-refractivity contribution is -0.0399. The van der Waals surface area contributed by atoms with Crippen LogP contribution in [-0.4, -0.2) is 0 Å². The Hall–Kier alpha value is -5.40. The lowest BCUT2D eigenvalue weighted by Crippen LogP contribution is -2.55. The fraction of sp³-hybridized carbons (Fsp3) is 0.200. The first kappa shape index (κ1) is 27.3. The van der Waals surface area contributed by atoms with E-state index in [9.17, 15) is 0 Å². The second-order valence-corrected chi connectivity index (χ2v) is 16.4. The number of furan rings is 1. The minimum Gasteiger partial charge on any atom is -0.455 e. The molecule has 0 N–H and O–H groups in total. The van der Waals surface area contributed by atoms with Crippen LogP contribution in [0.5, 0.6) is 0 Å². The van der Waals surface area contributed by atoms with Gasteiger partial charge in [-0.05, 0) is 145 Å². The monoisotopic (exact) mass is 652 g/mol. The average Bonchev–Trinajstić information content (AvgIpc) is 3.69. The van der Waals surface area contributed by atoms with E-state index in [1.807, 2.05) is 0 Å². The van der Waals surface area contributed by atoms with Crippen LogP contribution in [0, 0.1) is 23.7 Å². The van der Waals surface area contributed by atoms with Gasteiger partial charge in [0.2, 0.25) is 0 Å². The zero-order chi connectivity index (χ0) is 33.0. The van der Waals surface area contributed by atoms with Gasteiger partial charge in [0.05, 0.1) is 0 Å². The summed E-state index contributed by atoms with van der Waals surface area (Å²) in [6.07, 6.45) is 7.14. The minimum absolute atomic E-state index is 0.199. The van der Waals surface area contributed by atoms with E-state index in [-0.39, 0.29) is 5.41 Å². The summed E-state index contributed by atoms with van der Waals surface area (Å²) in [7, 11) is 0. The normalized spacial score (nSPS) is 24.5. The number of hydrogen-bond donors (Lipinski definition) is 0. The second-order valence-electron chi connectivity index (χ2n) is 16.4. The summed E-state index contributed by atoms with van der Waals surface area (Å²) in [5, 5.41) is 10.3. The molecule has 14 rings (SSSR count). The van der Waals surface area contributed by atoms with Crippen molar-refractivity contribution < 1.29 is 4.42 Å². The molecule has 5 aliphatic rings. The molecule has 0 amide bonds. The van der Waals surface area contributed by atoms with E-state index in [4.69, 9.17) is 4.42 Å². The fourth-order valence-corrected chi connectivity index (χ4v) is 12.5. The van der Waals surface area contributed by atoms with Gasteiger partial charge in [-0.3, -0.25) is 0 Å². The topological polar surface area (TPSA) is 13.1 Å². The number of para-hydroxylation sites is 1. The molecule has 0 radical (unpaired) electrons. The molecule has 0 atom stereocenters. The molecule has 4 saturated carbocycles. The Morgan fingerprint density at radius 2 is 1.10 bits per heavy atom. The van der Waals surface area contributed by atoms with Gasteiger partial charge in [0.15, 0.2) is 0 Å². The van der Waals surface area contributed by atoms with Gasteiger partial charge >= 0.3 is 0 Å². The van der Waals surface area contributed by atoms with Crippen molar-refractivity contribution in [2.45, 2.75) is 37.5 Å². The highest BCUT2D eigenvalue weighted by Gasteiger charge is 2.61. The van der Waals surface area contributed by atoms with Gasteiger partial charge in [0.1, 0.15) is 11.2 Å². The van der Waals surface area contributed by atoms with Gasteiger partial charge in [0, 0.05) is 21.8 Å². The van der Waals surface area contributed by atoms with E-state index in [1.165, 1.54) is 109 Å². The largest absolute Gasteiger partial charge is 0.455 e. The summed E-state index contributed by atoms with van der Waals surface area (Å²) in [4.78, 5) is 0. The Morgan fingerprint density at radius 3 is 1.94 bits per heavy atom. The quantitative estimate of drug-likeness (QED) is 0.169. The van der Waals surface area contributed by atoms with Gasteiger partial charge < -0.3 is 4.42 Å². The highest BCUT2D eigenvalue weighted by molar-refractivity contribution is 6.25. The first-order chi connectivity index (χ1) is 25.2. The molecule has 1 heteroatoms. The van der Waals surface area contributed by atoms with Crippen LogP contribution in [0.3, 0.4) is 0 Å². The summed E-state index contributed by atoms with van der Waals surface area (Å²) < 4.78 is 6.78. The first-order valence-corrected chi connectivity index (χ1v) is 19.1. The molecule has 4 bridgehead atoms. The van der Waals surface area contributed by atoms with E-state index >= 15 is 0 Å². The summed E-state index contributed by atoms with van der Waals surface area (Å²) in [5.41, 5.74) is 13.2. The summed E-state index contributed by atoms with van der Waals surface area (Å²) >= 11 is 0. The number of fused-ring (bicyclic) bond motifs is 6. The van der Waals surface area contributed by atoms with Crippen LogP contribution in [0.25, 0.3) is 87.6 Å². The molecule has 0 aliphatic heterocycles. The molecule has 4 fully saturated rings. The van der Waals surface area contributed by atoms with E-state index in [0.29, 0.717) is 0 Å². The number of hydrogen-bond acceptors (Lipinski definition) is 1. The van der Waals surface area contributed by atoms with Crippen LogP contribution in [-0.2, 0) is 5.41 Å². The molecule has 1 nitrogen and oxygen atoms in total. The molecule has 0 saturated heterocycles. The molecule has 0 unspecified atom stereocenters. The third-order valence-corrected chi connectivity index (χ3v) is 14.2. The SMILES string of the molecule is c1ccc2c(c1)-c1cc(-c3cccc4c3oc3ccc(-c5ccc6ccc7cccc8ccc5c6c78)cc34)ccc1C21C2CC3CC(C2)CC1C3. The number of benzene rings is 8. The molecule has 8 aromatic carbocycles. The van der Waals surface area contributed by atoms with Gasteiger partial charge in [-0.2, -0.15) is 0 Å². The summed E-state index contributed by atoms with van der Waals surface area (Å²) in [6.45, 7) is 0. The zero-order valence-corrected chi connectivity index (χ0v) is 28.5. The Kier molecular flexibility index (Phi) is 5.08. The van der Waals surface area contributed by atoms with Crippen molar-refractivity contribution in [2.24, 2.45) is 23.7 Å². The molecule has 242 valence electrons. The Labute approximate surface area is 296 Å². The van der Waals surface area contributed by atoms with E-state index in [2.05, 4.69) is 133 Å². The molecule has 1 aromatic heterocycles. The Balaban J connectivity index is 0.971. The van der Waals surface area contributed by atoms with E-state index in [0.717, 1.165) is 34.8 Å². The van der Waals surface area contributed by atoms with Crippen molar-refractivity contribution in [1.29, 1.82) is 0 Å². The maximum absolute atomic E-state index is 6.78. The predicted octanol–water partition coefficient (Wildman–Crippen LogP) is 13.5. The third-order valence-electron chi connectivity index (χ3n) is 14.2.